The number of nitrogens with zero attached hydrogens (tertiary/aromatic N) is 2. The van der Waals surface area contributed by atoms with Crippen molar-refractivity contribution in [2.24, 2.45) is 0 Å². The second-order valence-corrected chi connectivity index (χ2v) is 8.80. The van der Waals surface area contributed by atoms with Gasteiger partial charge in [-0.15, -0.1) is 0 Å². The largest absolute Gasteiger partial charge is 0.345 e. The van der Waals surface area contributed by atoms with Gasteiger partial charge in [0.15, 0.2) is 0 Å². The van der Waals surface area contributed by atoms with Gasteiger partial charge in [0.2, 0.25) is 11.8 Å². The number of halogens is 1. The van der Waals surface area contributed by atoms with E-state index in [0.717, 1.165) is 37.7 Å². The van der Waals surface area contributed by atoms with Gasteiger partial charge >= 0.3 is 0 Å². The third-order valence-corrected chi connectivity index (χ3v) is 6.27. The molecular weight excluding hydrogens is 421 g/mol. The van der Waals surface area contributed by atoms with E-state index >= 15 is 0 Å². The number of rotatable bonds is 10. The van der Waals surface area contributed by atoms with Crippen molar-refractivity contribution >= 4 is 17.7 Å². The summed E-state index contributed by atoms with van der Waals surface area (Å²) in [4.78, 5) is 42.4. The first-order chi connectivity index (χ1) is 16.0. The Labute approximate surface area is 193 Å². The molecule has 3 amide bonds. The molecule has 1 heterocycles. The maximum Gasteiger partial charge on any atom is 0.255 e. The lowest BCUT2D eigenvalue weighted by molar-refractivity contribution is -0.134. The summed E-state index contributed by atoms with van der Waals surface area (Å²) in [6, 6.07) is 12.7. The number of hydrogen-bond donors (Lipinski definition) is 1. The molecule has 0 bridgehead atoms. The van der Waals surface area contributed by atoms with Gasteiger partial charge in [-0.05, 0) is 48.6 Å². The summed E-state index contributed by atoms with van der Waals surface area (Å²) >= 11 is 0. The molecule has 2 aromatic rings. The Kier molecular flexibility index (Phi) is 7.06. The SMILES string of the molecule is CCCCCN(Cc1ccc(F)cc1)C(=O)CNC(=O)C1c2ccccc2C(=O)N1C1CC1. The van der Waals surface area contributed by atoms with Gasteiger partial charge < -0.3 is 15.1 Å². The van der Waals surface area contributed by atoms with Gasteiger partial charge in [0.25, 0.3) is 5.91 Å². The van der Waals surface area contributed by atoms with Gasteiger partial charge in [-0.25, -0.2) is 4.39 Å². The van der Waals surface area contributed by atoms with E-state index < -0.39 is 6.04 Å². The average molecular weight is 452 g/mol. The van der Waals surface area contributed by atoms with Gasteiger partial charge in [-0.3, -0.25) is 14.4 Å². The van der Waals surface area contributed by atoms with E-state index in [0.29, 0.717) is 24.2 Å². The van der Waals surface area contributed by atoms with E-state index in [4.69, 9.17) is 0 Å². The lowest BCUT2D eigenvalue weighted by atomic mass is 10.0. The molecule has 33 heavy (non-hydrogen) atoms. The second kappa shape index (κ2) is 10.1. The molecule has 1 fully saturated rings. The van der Waals surface area contributed by atoms with Gasteiger partial charge in [0, 0.05) is 24.7 Å². The molecule has 1 saturated carbocycles. The van der Waals surface area contributed by atoms with Crippen molar-refractivity contribution in [2.75, 3.05) is 13.1 Å². The molecule has 1 aliphatic carbocycles. The average Bonchev–Trinajstić information content (AvgIpc) is 3.62. The molecule has 0 saturated heterocycles. The van der Waals surface area contributed by atoms with Gasteiger partial charge in [0.05, 0.1) is 6.54 Å². The maximum absolute atomic E-state index is 13.3. The van der Waals surface area contributed by atoms with E-state index in [2.05, 4.69) is 12.2 Å². The number of benzene rings is 2. The standard InChI is InChI=1S/C26H30FN3O3/c1-2-3-6-15-29(17-18-9-11-19(27)12-10-18)23(31)16-28-25(32)24-21-7-4-5-8-22(21)26(33)30(24)20-13-14-20/h4-5,7-12,20,24H,2-3,6,13-17H2,1H3,(H,28,32). The molecule has 6 nitrogen and oxygen atoms in total. The van der Waals surface area contributed by atoms with Crippen molar-refractivity contribution in [1.82, 2.24) is 15.1 Å². The first-order valence-corrected chi connectivity index (χ1v) is 11.7. The number of unbranched alkanes of at least 4 members (excludes halogenated alkanes) is 2. The summed E-state index contributed by atoms with van der Waals surface area (Å²) in [6.45, 7) is 2.88. The lowest BCUT2D eigenvalue weighted by Crippen LogP contribution is -2.45. The molecular formula is C26H30FN3O3. The Hall–Kier alpha value is -3.22. The van der Waals surface area contributed by atoms with Crippen molar-refractivity contribution in [3.05, 3.63) is 71.0 Å². The second-order valence-electron chi connectivity index (χ2n) is 8.80. The zero-order valence-electron chi connectivity index (χ0n) is 18.9. The van der Waals surface area contributed by atoms with E-state index in [-0.39, 0.29) is 36.1 Å². The fourth-order valence-electron chi connectivity index (χ4n) is 4.36. The van der Waals surface area contributed by atoms with Gasteiger partial charge in [-0.1, -0.05) is 50.1 Å². The summed E-state index contributed by atoms with van der Waals surface area (Å²) in [5, 5.41) is 2.78. The van der Waals surface area contributed by atoms with Crippen LogP contribution in [0.15, 0.2) is 48.5 Å². The maximum atomic E-state index is 13.3. The van der Waals surface area contributed by atoms with E-state index in [9.17, 15) is 18.8 Å². The molecule has 0 radical (unpaired) electrons. The Morgan fingerprint density at radius 2 is 1.82 bits per heavy atom. The number of hydrogen-bond acceptors (Lipinski definition) is 3. The minimum Gasteiger partial charge on any atom is -0.345 e. The Balaban J connectivity index is 1.43. The number of fused-ring (bicyclic) bond motifs is 1. The number of amides is 3. The van der Waals surface area contributed by atoms with Crippen LogP contribution >= 0.6 is 0 Å². The third-order valence-electron chi connectivity index (χ3n) is 6.27. The molecule has 0 aromatic heterocycles. The number of carbonyl (C=O) groups is 3. The highest BCUT2D eigenvalue weighted by Crippen LogP contribution is 2.41. The molecule has 2 aromatic carbocycles. The normalized spacial score (nSPS) is 17.1. The summed E-state index contributed by atoms with van der Waals surface area (Å²) in [5.41, 5.74) is 2.10. The van der Waals surface area contributed by atoms with Crippen LogP contribution < -0.4 is 5.32 Å². The van der Waals surface area contributed by atoms with Crippen LogP contribution in [0.2, 0.25) is 0 Å². The molecule has 1 atom stereocenters. The summed E-state index contributed by atoms with van der Waals surface area (Å²) in [6.07, 6.45) is 4.67. The number of nitrogens with one attached hydrogen (secondary N) is 1. The molecule has 0 spiro atoms. The van der Waals surface area contributed by atoms with Crippen molar-refractivity contribution in [3.63, 3.8) is 0 Å². The molecule has 1 aliphatic heterocycles. The predicted molar refractivity (Wildman–Crippen MR) is 123 cm³/mol. The highest BCUT2D eigenvalue weighted by atomic mass is 19.1. The zero-order valence-corrected chi connectivity index (χ0v) is 18.9. The monoisotopic (exact) mass is 451 g/mol. The van der Waals surface area contributed by atoms with Crippen LogP contribution in [0.5, 0.6) is 0 Å². The quantitative estimate of drug-likeness (QED) is 0.559. The van der Waals surface area contributed by atoms with E-state index in [1.54, 1.807) is 34.1 Å². The van der Waals surface area contributed by atoms with Crippen molar-refractivity contribution in [1.29, 1.82) is 0 Å². The first kappa shape index (κ1) is 23.0. The van der Waals surface area contributed by atoms with Crippen molar-refractivity contribution < 1.29 is 18.8 Å². The molecule has 1 unspecified atom stereocenters. The topological polar surface area (TPSA) is 69.7 Å². The fourth-order valence-corrected chi connectivity index (χ4v) is 4.36. The van der Waals surface area contributed by atoms with Crippen LogP contribution in [-0.4, -0.2) is 46.7 Å². The van der Waals surface area contributed by atoms with Gasteiger partial charge in [-0.2, -0.15) is 0 Å². The smallest absolute Gasteiger partial charge is 0.255 e. The highest BCUT2D eigenvalue weighted by Gasteiger charge is 2.47. The van der Waals surface area contributed by atoms with Crippen molar-refractivity contribution in [2.45, 2.75) is 57.7 Å². The minimum absolute atomic E-state index is 0.0837. The number of carbonyl (C=O) groups excluding carboxylic acids is 3. The van der Waals surface area contributed by atoms with E-state index in [1.807, 2.05) is 12.1 Å². The summed E-state index contributed by atoms with van der Waals surface area (Å²) in [7, 11) is 0. The van der Waals surface area contributed by atoms with Crippen LogP contribution in [0.25, 0.3) is 0 Å². The Bertz CT molecular complexity index is 1020. The first-order valence-electron chi connectivity index (χ1n) is 11.7. The molecule has 4 rings (SSSR count). The predicted octanol–water partition coefficient (Wildman–Crippen LogP) is 3.82. The van der Waals surface area contributed by atoms with Crippen LogP contribution in [0.1, 0.15) is 66.6 Å². The van der Waals surface area contributed by atoms with Crippen molar-refractivity contribution in [3.8, 4) is 0 Å². The van der Waals surface area contributed by atoms with Crippen LogP contribution in [-0.2, 0) is 16.1 Å². The minimum atomic E-state index is -0.695. The molecule has 1 N–H and O–H groups in total. The van der Waals surface area contributed by atoms with Crippen LogP contribution in [0, 0.1) is 5.82 Å². The fraction of sp³-hybridized carbons (Fsp3) is 0.423. The Morgan fingerprint density at radius 1 is 1.09 bits per heavy atom. The lowest BCUT2D eigenvalue weighted by Gasteiger charge is -2.26. The third kappa shape index (κ3) is 5.24. The summed E-state index contributed by atoms with van der Waals surface area (Å²) in [5.74, 6) is -0.957. The van der Waals surface area contributed by atoms with Crippen LogP contribution in [0.4, 0.5) is 4.39 Å². The molecule has 2 aliphatic rings. The zero-order chi connectivity index (χ0) is 23.4. The molecule has 174 valence electrons. The van der Waals surface area contributed by atoms with Gasteiger partial charge in [0.1, 0.15) is 11.9 Å². The van der Waals surface area contributed by atoms with Crippen LogP contribution in [0.3, 0.4) is 0 Å². The summed E-state index contributed by atoms with van der Waals surface area (Å²) < 4.78 is 13.3. The van der Waals surface area contributed by atoms with E-state index in [1.165, 1.54) is 12.1 Å². The highest BCUT2D eigenvalue weighted by molar-refractivity contribution is 6.05. The molecule has 7 heteroatoms. The Morgan fingerprint density at radius 3 is 2.52 bits per heavy atom.